The molecule has 8 nitrogen and oxygen atoms in total. The molecular formula is C27H24FN5O3S. The Labute approximate surface area is 215 Å². The molecule has 1 fully saturated rings. The fourth-order valence-electron chi connectivity index (χ4n) is 4.68. The molecule has 1 aliphatic rings. The molecule has 5 aromatic rings. The molecule has 1 saturated heterocycles. The number of carbonyl (C=O) groups is 1. The first-order chi connectivity index (χ1) is 17.9. The number of morpholine rings is 1. The molecule has 0 saturated carbocycles. The van der Waals surface area contributed by atoms with E-state index in [0.717, 1.165) is 32.7 Å². The molecule has 0 bridgehead atoms. The minimum Gasteiger partial charge on any atom is -0.378 e. The van der Waals surface area contributed by atoms with Gasteiger partial charge in [0.2, 0.25) is 0 Å². The molecule has 2 aromatic carbocycles. The lowest BCUT2D eigenvalue weighted by Gasteiger charge is -2.26. The van der Waals surface area contributed by atoms with Crippen LogP contribution in [-0.4, -0.2) is 56.2 Å². The van der Waals surface area contributed by atoms with Gasteiger partial charge in [-0.3, -0.25) is 13.9 Å². The number of aromatic amines is 1. The topological polar surface area (TPSA) is 85.2 Å². The summed E-state index contributed by atoms with van der Waals surface area (Å²) < 4.78 is 22.3. The van der Waals surface area contributed by atoms with Gasteiger partial charge in [-0.1, -0.05) is 6.07 Å². The number of amides is 1. The monoisotopic (exact) mass is 517 g/mol. The van der Waals surface area contributed by atoms with E-state index in [4.69, 9.17) is 9.72 Å². The summed E-state index contributed by atoms with van der Waals surface area (Å²) in [5, 5.41) is 0. The maximum absolute atomic E-state index is 13.7. The Morgan fingerprint density at radius 3 is 2.43 bits per heavy atom. The van der Waals surface area contributed by atoms with E-state index in [0.29, 0.717) is 42.7 Å². The number of aryl methyl sites for hydroxylation is 2. The minimum absolute atomic E-state index is 0.0134. The van der Waals surface area contributed by atoms with Crippen LogP contribution in [0.2, 0.25) is 0 Å². The Morgan fingerprint density at radius 1 is 0.973 bits per heavy atom. The highest BCUT2D eigenvalue weighted by Gasteiger charge is 2.22. The molecule has 37 heavy (non-hydrogen) atoms. The van der Waals surface area contributed by atoms with Crippen molar-refractivity contribution < 1.29 is 13.9 Å². The van der Waals surface area contributed by atoms with Gasteiger partial charge < -0.3 is 14.6 Å². The van der Waals surface area contributed by atoms with Crippen LogP contribution < -0.4 is 5.69 Å². The molecule has 188 valence electrons. The molecule has 3 aromatic heterocycles. The van der Waals surface area contributed by atoms with E-state index in [1.807, 2.05) is 30.3 Å². The maximum atomic E-state index is 13.7. The molecule has 6 rings (SSSR count). The summed E-state index contributed by atoms with van der Waals surface area (Å²) in [5.41, 5.74) is 4.49. The van der Waals surface area contributed by atoms with E-state index in [1.165, 1.54) is 23.5 Å². The summed E-state index contributed by atoms with van der Waals surface area (Å²) in [6.07, 6.45) is 0. The lowest BCUT2D eigenvalue weighted by molar-refractivity contribution is 0.0306. The zero-order chi connectivity index (χ0) is 25.7. The molecule has 0 spiro atoms. The Balaban J connectivity index is 1.45. The van der Waals surface area contributed by atoms with Crippen LogP contribution in [0.15, 0.2) is 59.4 Å². The smallest absolute Gasteiger partial charge is 0.328 e. The van der Waals surface area contributed by atoms with E-state index in [-0.39, 0.29) is 17.4 Å². The van der Waals surface area contributed by atoms with Crippen molar-refractivity contribution in [1.29, 1.82) is 0 Å². The quantitative estimate of drug-likeness (QED) is 0.386. The number of hydrogen-bond acceptors (Lipinski definition) is 5. The summed E-state index contributed by atoms with van der Waals surface area (Å²) in [6.45, 7) is 2.25. The van der Waals surface area contributed by atoms with Crippen molar-refractivity contribution in [3.8, 4) is 33.2 Å². The van der Waals surface area contributed by atoms with Crippen molar-refractivity contribution in [3.63, 3.8) is 0 Å². The van der Waals surface area contributed by atoms with Gasteiger partial charge in [0.05, 0.1) is 45.4 Å². The normalized spacial score (nSPS) is 14.0. The second-order valence-corrected chi connectivity index (χ2v) is 10.1. The fraction of sp³-hybridized carbons (Fsp3) is 0.222. The number of rotatable bonds is 4. The predicted molar refractivity (Wildman–Crippen MR) is 141 cm³/mol. The number of imidazole rings is 2. The third-order valence-electron chi connectivity index (χ3n) is 6.73. The van der Waals surface area contributed by atoms with E-state index in [2.05, 4.69) is 4.98 Å². The van der Waals surface area contributed by atoms with Crippen LogP contribution in [0.1, 0.15) is 9.67 Å². The van der Waals surface area contributed by atoms with Crippen LogP contribution in [0.3, 0.4) is 0 Å². The number of hydrogen-bond donors (Lipinski definition) is 1. The average molecular weight is 518 g/mol. The summed E-state index contributed by atoms with van der Waals surface area (Å²) in [7, 11) is 3.48. The number of benzene rings is 2. The van der Waals surface area contributed by atoms with Crippen LogP contribution in [0.25, 0.3) is 44.2 Å². The van der Waals surface area contributed by atoms with Crippen LogP contribution in [0.5, 0.6) is 0 Å². The fourth-order valence-corrected chi connectivity index (χ4v) is 5.60. The Hall–Kier alpha value is -4.02. The number of ether oxygens (including phenoxy) is 1. The molecule has 1 aliphatic heterocycles. The predicted octanol–water partition coefficient (Wildman–Crippen LogP) is 4.27. The highest BCUT2D eigenvalue weighted by atomic mass is 32.1. The van der Waals surface area contributed by atoms with E-state index in [9.17, 15) is 14.0 Å². The van der Waals surface area contributed by atoms with Crippen LogP contribution >= 0.6 is 11.3 Å². The molecule has 0 radical (unpaired) electrons. The lowest BCUT2D eigenvalue weighted by Crippen LogP contribution is -2.40. The van der Waals surface area contributed by atoms with E-state index in [1.54, 1.807) is 40.3 Å². The summed E-state index contributed by atoms with van der Waals surface area (Å²) in [5.74, 6) is 0.276. The zero-order valence-electron chi connectivity index (χ0n) is 20.3. The third kappa shape index (κ3) is 4.08. The Bertz CT molecular complexity index is 1690. The van der Waals surface area contributed by atoms with E-state index < -0.39 is 0 Å². The first-order valence-corrected chi connectivity index (χ1v) is 12.7. The second-order valence-electron chi connectivity index (χ2n) is 8.99. The standard InChI is InChI=1S/C27H24FN5O3S/c1-31-19-8-5-17(15-20(19)32(2)27(31)35)24-23(16-3-6-18(28)7-4-16)29-25(30-24)21-9-10-22(37-21)26(34)33-11-13-36-14-12-33/h3-10,15H,11-14H2,1-2H3,(H,29,30). The first-order valence-electron chi connectivity index (χ1n) is 11.9. The van der Waals surface area contributed by atoms with Crippen LogP contribution in [-0.2, 0) is 18.8 Å². The third-order valence-corrected chi connectivity index (χ3v) is 7.81. The molecular weight excluding hydrogens is 493 g/mol. The maximum Gasteiger partial charge on any atom is 0.328 e. The number of carbonyl (C=O) groups excluding carboxylic acids is 1. The van der Waals surface area contributed by atoms with E-state index >= 15 is 0 Å². The highest BCUT2D eigenvalue weighted by molar-refractivity contribution is 7.17. The molecule has 1 amide bonds. The highest BCUT2D eigenvalue weighted by Crippen LogP contribution is 2.36. The lowest BCUT2D eigenvalue weighted by atomic mass is 10.0. The largest absolute Gasteiger partial charge is 0.378 e. The van der Waals surface area contributed by atoms with Crippen molar-refractivity contribution >= 4 is 28.3 Å². The Kier molecular flexibility index (Phi) is 5.77. The summed E-state index contributed by atoms with van der Waals surface area (Å²) >= 11 is 1.38. The van der Waals surface area contributed by atoms with Gasteiger partial charge in [-0.05, 0) is 48.5 Å². The van der Waals surface area contributed by atoms with Crippen molar-refractivity contribution in [3.05, 3.63) is 75.8 Å². The number of aromatic nitrogens is 4. The number of fused-ring (bicyclic) bond motifs is 1. The number of nitrogens with zero attached hydrogens (tertiary/aromatic N) is 4. The summed E-state index contributed by atoms with van der Waals surface area (Å²) in [4.78, 5) is 37.0. The van der Waals surface area contributed by atoms with Crippen molar-refractivity contribution in [2.45, 2.75) is 0 Å². The van der Waals surface area contributed by atoms with Gasteiger partial charge in [-0.15, -0.1) is 11.3 Å². The molecule has 0 aliphatic carbocycles. The van der Waals surface area contributed by atoms with Crippen molar-refractivity contribution in [1.82, 2.24) is 24.0 Å². The molecule has 4 heterocycles. The van der Waals surface area contributed by atoms with Crippen molar-refractivity contribution in [2.24, 2.45) is 14.1 Å². The van der Waals surface area contributed by atoms with Gasteiger partial charge in [-0.2, -0.15) is 0 Å². The van der Waals surface area contributed by atoms with Gasteiger partial charge in [0.25, 0.3) is 5.91 Å². The van der Waals surface area contributed by atoms with Gasteiger partial charge in [-0.25, -0.2) is 14.2 Å². The first kappa shape index (κ1) is 23.4. The average Bonchev–Trinajstić information content (AvgIpc) is 3.64. The van der Waals surface area contributed by atoms with Gasteiger partial charge in [0.1, 0.15) is 11.6 Å². The van der Waals surface area contributed by atoms with Crippen LogP contribution in [0.4, 0.5) is 4.39 Å². The minimum atomic E-state index is -0.324. The van der Waals surface area contributed by atoms with Gasteiger partial charge >= 0.3 is 5.69 Å². The van der Waals surface area contributed by atoms with Gasteiger partial charge in [0, 0.05) is 38.3 Å². The molecule has 10 heteroatoms. The number of halogens is 1. The summed E-state index contributed by atoms with van der Waals surface area (Å²) in [6, 6.07) is 15.7. The second kappa shape index (κ2) is 9.13. The van der Waals surface area contributed by atoms with Gasteiger partial charge in [0.15, 0.2) is 0 Å². The number of H-pyrrole nitrogens is 1. The SMILES string of the molecule is Cn1c(=O)n(C)c2cc(-c3nc(-c4ccc(C(=O)N5CCOCC5)s4)[nH]c3-c3ccc(F)cc3)ccc21. The van der Waals surface area contributed by atoms with Crippen molar-refractivity contribution in [2.75, 3.05) is 26.3 Å². The van der Waals surface area contributed by atoms with Crippen LogP contribution in [0, 0.1) is 5.82 Å². The zero-order valence-corrected chi connectivity index (χ0v) is 21.1. The number of nitrogens with one attached hydrogen (secondary N) is 1. The Morgan fingerprint density at radius 2 is 1.68 bits per heavy atom. The molecule has 0 atom stereocenters. The number of thiophene rings is 1. The molecule has 0 unspecified atom stereocenters. The molecule has 1 N–H and O–H groups in total.